The average molecular weight is 333 g/mol. The number of aromatic nitrogens is 2. The van der Waals surface area contributed by atoms with Gasteiger partial charge < -0.3 is 9.72 Å². The Labute approximate surface area is 137 Å². The zero-order valence-electron chi connectivity index (χ0n) is 13.1. The molecule has 0 radical (unpaired) electrons. The number of carbonyl (C=O) groups is 1. The van der Waals surface area contributed by atoms with Crippen LogP contribution >= 0.6 is 11.3 Å². The number of nitrogens with one attached hydrogen (secondary N) is 1. The third-order valence-corrected chi connectivity index (χ3v) is 6.00. The molecule has 0 amide bonds. The number of thiophene rings is 1. The second-order valence-corrected chi connectivity index (χ2v) is 7.29. The number of carbonyl (C=O) groups excluding carboxylic acids is 1. The third-order valence-electron chi connectivity index (χ3n) is 4.81. The third kappa shape index (κ3) is 2.48. The molecule has 0 bridgehead atoms. The molecule has 6 nitrogen and oxygen atoms in total. The van der Waals surface area contributed by atoms with Crippen molar-refractivity contribution in [3.63, 3.8) is 0 Å². The van der Waals surface area contributed by atoms with Crippen LogP contribution in [0.5, 0.6) is 0 Å². The van der Waals surface area contributed by atoms with Crippen molar-refractivity contribution in [3.8, 4) is 0 Å². The van der Waals surface area contributed by atoms with Crippen LogP contribution in [0.25, 0.3) is 10.2 Å². The van der Waals surface area contributed by atoms with Crippen molar-refractivity contribution in [1.82, 2.24) is 14.9 Å². The van der Waals surface area contributed by atoms with Gasteiger partial charge in [-0.3, -0.25) is 14.5 Å². The van der Waals surface area contributed by atoms with Crippen molar-refractivity contribution in [1.29, 1.82) is 0 Å². The minimum absolute atomic E-state index is 0.0433. The van der Waals surface area contributed by atoms with Crippen LogP contribution in [0.1, 0.15) is 35.5 Å². The molecule has 1 aliphatic heterocycles. The zero-order chi connectivity index (χ0) is 16.0. The lowest BCUT2D eigenvalue weighted by Gasteiger charge is -2.21. The minimum atomic E-state index is -0.227. The van der Waals surface area contributed by atoms with Crippen LogP contribution in [0.2, 0.25) is 0 Å². The van der Waals surface area contributed by atoms with Gasteiger partial charge >= 0.3 is 5.97 Å². The Hall–Kier alpha value is -1.73. The molecule has 1 fully saturated rings. The molecule has 1 unspecified atom stereocenters. The number of nitrogens with zero attached hydrogens (tertiary/aromatic N) is 2. The lowest BCUT2D eigenvalue weighted by molar-refractivity contribution is -0.146. The van der Waals surface area contributed by atoms with Crippen molar-refractivity contribution < 1.29 is 9.53 Å². The lowest BCUT2D eigenvalue weighted by Crippen LogP contribution is -2.37. The monoisotopic (exact) mass is 333 g/mol. The molecule has 1 N–H and O–H groups in total. The molecular formula is C16H19N3O3S. The SMILES string of the molecule is COC(=O)C1CCCN1Cc1nc2sc3c(c2c(=O)[nH]1)CCC3. The predicted octanol–water partition coefficient (Wildman–Crippen LogP) is 1.61. The highest BCUT2D eigenvalue weighted by atomic mass is 32.1. The van der Waals surface area contributed by atoms with E-state index >= 15 is 0 Å². The number of likely N-dealkylation sites (tertiary alicyclic amines) is 1. The molecular weight excluding hydrogens is 314 g/mol. The maximum absolute atomic E-state index is 12.5. The first-order chi connectivity index (χ1) is 11.2. The molecule has 2 aliphatic rings. The Morgan fingerprint density at radius 1 is 1.43 bits per heavy atom. The fourth-order valence-electron chi connectivity index (χ4n) is 3.73. The van der Waals surface area contributed by atoms with E-state index in [-0.39, 0.29) is 17.6 Å². The first-order valence-electron chi connectivity index (χ1n) is 8.02. The van der Waals surface area contributed by atoms with Crippen LogP contribution in [-0.2, 0) is 28.9 Å². The van der Waals surface area contributed by atoms with Gasteiger partial charge in [-0.2, -0.15) is 0 Å². The van der Waals surface area contributed by atoms with E-state index in [1.54, 1.807) is 11.3 Å². The van der Waals surface area contributed by atoms with Gasteiger partial charge in [0.15, 0.2) is 0 Å². The lowest BCUT2D eigenvalue weighted by atomic mass is 10.2. The molecule has 1 atom stereocenters. The number of hydrogen-bond acceptors (Lipinski definition) is 6. The molecule has 7 heteroatoms. The van der Waals surface area contributed by atoms with Gasteiger partial charge in [-0.15, -0.1) is 11.3 Å². The van der Waals surface area contributed by atoms with Crippen molar-refractivity contribution in [2.24, 2.45) is 0 Å². The van der Waals surface area contributed by atoms with Gasteiger partial charge in [-0.05, 0) is 44.2 Å². The fraction of sp³-hybridized carbons (Fsp3) is 0.562. The Morgan fingerprint density at radius 2 is 2.30 bits per heavy atom. The number of methoxy groups -OCH3 is 1. The normalized spacial score (nSPS) is 21.0. The van der Waals surface area contributed by atoms with Gasteiger partial charge in [-0.25, -0.2) is 4.98 Å². The quantitative estimate of drug-likeness (QED) is 0.864. The van der Waals surface area contributed by atoms with Gasteiger partial charge in [0.05, 0.1) is 19.0 Å². The number of H-pyrrole nitrogens is 1. The van der Waals surface area contributed by atoms with Gasteiger partial charge in [0, 0.05) is 4.88 Å². The number of hydrogen-bond donors (Lipinski definition) is 1. The summed E-state index contributed by atoms with van der Waals surface area (Å²) in [5.74, 6) is 0.430. The van der Waals surface area contributed by atoms with Gasteiger partial charge in [-0.1, -0.05) is 0 Å². The van der Waals surface area contributed by atoms with E-state index in [4.69, 9.17) is 4.74 Å². The summed E-state index contributed by atoms with van der Waals surface area (Å²) in [6.07, 6.45) is 4.93. The molecule has 2 aromatic rings. The number of fused-ring (bicyclic) bond motifs is 3. The first kappa shape index (κ1) is 14.8. The van der Waals surface area contributed by atoms with Crippen LogP contribution in [-0.4, -0.2) is 40.5 Å². The van der Waals surface area contributed by atoms with Crippen molar-refractivity contribution in [2.45, 2.75) is 44.7 Å². The van der Waals surface area contributed by atoms with E-state index in [0.29, 0.717) is 12.4 Å². The van der Waals surface area contributed by atoms with Crippen LogP contribution in [0.15, 0.2) is 4.79 Å². The number of aryl methyl sites for hydroxylation is 2. The number of rotatable bonds is 3. The van der Waals surface area contributed by atoms with Crippen LogP contribution < -0.4 is 5.56 Å². The Balaban J connectivity index is 1.65. The maximum Gasteiger partial charge on any atom is 0.323 e. The Morgan fingerprint density at radius 3 is 3.13 bits per heavy atom. The van der Waals surface area contributed by atoms with Gasteiger partial charge in [0.2, 0.25) is 0 Å². The van der Waals surface area contributed by atoms with Crippen LogP contribution in [0.3, 0.4) is 0 Å². The van der Waals surface area contributed by atoms with E-state index in [0.717, 1.165) is 48.9 Å². The summed E-state index contributed by atoms with van der Waals surface area (Å²) >= 11 is 1.64. The number of aromatic amines is 1. The summed E-state index contributed by atoms with van der Waals surface area (Å²) < 4.78 is 4.87. The molecule has 23 heavy (non-hydrogen) atoms. The second-order valence-electron chi connectivity index (χ2n) is 6.20. The smallest absolute Gasteiger partial charge is 0.323 e. The predicted molar refractivity (Wildman–Crippen MR) is 87.7 cm³/mol. The molecule has 1 saturated heterocycles. The van der Waals surface area contributed by atoms with Crippen molar-refractivity contribution in [3.05, 3.63) is 26.6 Å². The largest absolute Gasteiger partial charge is 0.468 e. The molecule has 4 rings (SSSR count). The maximum atomic E-state index is 12.5. The fourth-order valence-corrected chi connectivity index (χ4v) is 5.01. The molecule has 122 valence electrons. The molecule has 1 aliphatic carbocycles. The molecule has 0 spiro atoms. The highest BCUT2D eigenvalue weighted by Crippen LogP contribution is 2.34. The van der Waals surface area contributed by atoms with E-state index < -0.39 is 0 Å². The molecule has 0 saturated carbocycles. The summed E-state index contributed by atoms with van der Waals surface area (Å²) in [7, 11) is 1.41. The topological polar surface area (TPSA) is 75.3 Å². The second kappa shape index (κ2) is 5.72. The molecule has 0 aromatic carbocycles. The van der Waals surface area contributed by atoms with E-state index in [2.05, 4.69) is 9.97 Å². The Bertz CT molecular complexity index is 826. The highest BCUT2D eigenvalue weighted by Gasteiger charge is 2.32. The van der Waals surface area contributed by atoms with E-state index in [1.807, 2.05) is 4.90 Å². The highest BCUT2D eigenvalue weighted by molar-refractivity contribution is 7.18. The van der Waals surface area contributed by atoms with Crippen molar-refractivity contribution >= 4 is 27.5 Å². The summed E-state index contributed by atoms with van der Waals surface area (Å²) in [4.78, 5) is 36.1. The van der Waals surface area contributed by atoms with E-state index in [9.17, 15) is 9.59 Å². The summed E-state index contributed by atoms with van der Waals surface area (Å²) in [6, 6.07) is -0.227. The number of ether oxygens (including phenoxy) is 1. The zero-order valence-corrected chi connectivity index (χ0v) is 13.9. The first-order valence-corrected chi connectivity index (χ1v) is 8.84. The number of esters is 1. The molecule has 2 aromatic heterocycles. The summed E-state index contributed by atoms with van der Waals surface area (Å²) in [5, 5.41) is 0.775. The van der Waals surface area contributed by atoms with E-state index in [1.165, 1.54) is 17.6 Å². The molecule has 3 heterocycles. The minimum Gasteiger partial charge on any atom is -0.468 e. The summed E-state index contributed by atoms with van der Waals surface area (Å²) in [5.41, 5.74) is 1.15. The van der Waals surface area contributed by atoms with Crippen LogP contribution in [0.4, 0.5) is 0 Å². The summed E-state index contributed by atoms with van der Waals surface area (Å²) in [6.45, 7) is 1.30. The van der Waals surface area contributed by atoms with Gasteiger partial charge in [0.1, 0.15) is 16.7 Å². The average Bonchev–Trinajstić information content (AvgIpc) is 3.21. The van der Waals surface area contributed by atoms with Gasteiger partial charge in [0.25, 0.3) is 5.56 Å². The standard InChI is InChI=1S/C16H19N3O3S/c1-22-16(21)10-5-3-7-19(10)8-12-17-14(20)13-9-4-2-6-11(9)23-15(13)18-12/h10H,2-8H2,1H3,(H,17,18,20). The Kier molecular flexibility index (Phi) is 3.69. The van der Waals surface area contributed by atoms with Crippen LogP contribution in [0, 0.1) is 0 Å². The van der Waals surface area contributed by atoms with Crippen molar-refractivity contribution in [2.75, 3.05) is 13.7 Å².